The van der Waals surface area contributed by atoms with Gasteiger partial charge in [0, 0.05) is 12.5 Å². The molecule has 0 amide bonds. The third-order valence-electron chi connectivity index (χ3n) is 3.56. The van der Waals surface area contributed by atoms with Crippen LogP contribution in [0.5, 0.6) is 0 Å². The van der Waals surface area contributed by atoms with Crippen molar-refractivity contribution in [3.63, 3.8) is 0 Å². The van der Waals surface area contributed by atoms with Gasteiger partial charge in [-0.2, -0.15) is 0 Å². The quantitative estimate of drug-likeness (QED) is 0.737. The molecular formula is C11H19NO2. The van der Waals surface area contributed by atoms with Crippen LogP contribution < -0.4 is 5.32 Å². The van der Waals surface area contributed by atoms with E-state index in [1.54, 1.807) is 0 Å². The van der Waals surface area contributed by atoms with E-state index < -0.39 is 0 Å². The third-order valence-corrected chi connectivity index (χ3v) is 3.56. The molecule has 80 valence electrons. The normalized spacial score (nSPS) is 29.9. The fraction of sp³-hybridized carbons (Fsp3) is 0.909. The summed E-state index contributed by atoms with van der Waals surface area (Å²) in [6, 6.07) is 0. The SMILES string of the molecule is CNCC(=O)C1CCOC2(CCC2)C1. The van der Waals surface area contributed by atoms with Crippen molar-refractivity contribution >= 4 is 5.78 Å². The number of hydrogen-bond acceptors (Lipinski definition) is 3. The summed E-state index contributed by atoms with van der Waals surface area (Å²) < 4.78 is 5.79. The highest BCUT2D eigenvalue weighted by Crippen LogP contribution is 2.44. The Morgan fingerprint density at radius 2 is 2.36 bits per heavy atom. The summed E-state index contributed by atoms with van der Waals surface area (Å²) in [5.41, 5.74) is 0.103. The Hall–Kier alpha value is -0.410. The molecule has 1 N–H and O–H groups in total. The molecule has 1 aliphatic heterocycles. The molecule has 0 aromatic carbocycles. The third kappa shape index (κ3) is 1.84. The number of nitrogens with one attached hydrogen (secondary N) is 1. The van der Waals surface area contributed by atoms with E-state index in [4.69, 9.17) is 4.74 Å². The number of ketones is 1. The van der Waals surface area contributed by atoms with E-state index in [0.29, 0.717) is 12.3 Å². The van der Waals surface area contributed by atoms with Gasteiger partial charge >= 0.3 is 0 Å². The first kappa shape index (κ1) is 10.1. The second-order valence-corrected chi connectivity index (χ2v) is 4.57. The van der Waals surface area contributed by atoms with Gasteiger partial charge in [-0.1, -0.05) is 0 Å². The van der Waals surface area contributed by atoms with Gasteiger partial charge in [0.2, 0.25) is 0 Å². The molecule has 1 aliphatic carbocycles. The Balaban J connectivity index is 1.90. The summed E-state index contributed by atoms with van der Waals surface area (Å²) in [6.45, 7) is 1.29. The van der Waals surface area contributed by atoms with Gasteiger partial charge in [-0.15, -0.1) is 0 Å². The Kier molecular flexibility index (Phi) is 2.88. The first-order valence-electron chi connectivity index (χ1n) is 5.57. The van der Waals surface area contributed by atoms with Gasteiger partial charge in [-0.25, -0.2) is 0 Å². The Morgan fingerprint density at radius 3 is 2.93 bits per heavy atom. The number of carbonyl (C=O) groups excluding carboxylic acids is 1. The monoisotopic (exact) mass is 197 g/mol. The van der Waals surface area contributed by atoms with Crippen molar-refractivity contribution in [3.05, 3.63) is 0 Å². The number of rotatable bonds is 3. The van der Waals surface area contributed by atoms with Crippen molar-refractivity contribution in [1.82, 2.24) is 5.32 Å². The molecule has 0 aromatic heterocycles. The van der Waals surface area contributed by atoms with Gasteiger partial charge in [-0.05, 0) is 39.2 Å². The molecule has 0 bridgehead atoms. The molecule has 1 saturated carbocycles. The number of ether oxygens (including phenoxy) is 1. The lowest BCUT2D eigenvalue weighted by Gasteiger charge is -2.46. The molecule has 14 heavy (non-hydrogen) atoms. The molecular weight excluding hydrogens is 178 g/mol. The fourth-order valence-electron chi connectivity index (χ4n) is 2.54. The summed E-state index contributed by atoms with van der Waals surface area (Å²) in [4.78, 5) is 11.7. The zero-order chi connectivity index (χ0) is 10.0. The van der Waals surface area contributed by atoms with E-state index in [0.717, 1.165) is 32.3 Å². The average Bonchev–Trinajstić information content (AvgIpc) is 2.16. The minimum atomic E-state index is 0.103. The van der Waals surface area contributed by atoms with E-state index in [-0.39, 0.29) is 11.5 Å². The number of Topliss-reactive ketones (excluding diaryl/α,β-unsaturated/α-hetero) is 1. The first-order chi connectivity index (χ1) is 6.76. The second-order valence-electron chi connectivity index (χ2n) is 4.57. The number of likely N-dealkylation sites (N-methyl/N-ethyl adjacent to an activating group) is 1. The summed E-state index contributed by atoms with van der Waals surface area (Å²) in [6.07, 6.45) is 5.48. The zero-order valence-electron chi connectivity index (χ0n) is 8.84. The van der Waals surface area contributed by atoms with Gasteiger partial charge in [0.05, 0.1) is 12.1 Å². The van der Waals surface area contributed by atoms with E-state index in [9.17, 15) is 4.79 Å². The van der Waals surface area contributed by atoms with Crippen molar-refractivity contribution in [2.45, 2.75) is 37.7 Å². The predicted octanol–water partition coefficient (Wildman–Crippen LogP) is 1.12. The molecule has 2 aliphatic rings. The average molecular weight is 197 g/mol. The van der Waals surface area contributed by atoms with Gasteiger partial charge in [0.1, 0.15) is 5.78 Å². The minimum Gasteiger partial charge on any atom is -0.375 e. The van der Waals surface area contributed by atoms with Crippen molar-refractivity contribution in [3.8, 4) is 0 Å². The molecule has 0 radical (unpaired) electrons. The fourth-order valence-corrected chi connectivity index (χ4v) is 2.54. The van der Waals surface area contributed by atoms with E-state index >= 15 is 0 Å². The zero-order valence-corrected chi connectivity index (χ0v) is 8.84. The van der Waals surface area contributed by atoms with Gasteiger partial charge in [0.25, 0.3) is 0 Å². The van der Waals surface area contributed by atoms with Crippen molar-refractivity contribution < 1.29 is 9.53 Å². The van der Waals surface area contributed by atoms with Crippen LogP contribution in [-0.4, -0.2) is 31.6 Å². The summed E-state index contributed by atoms with van der Waals surface area (Å²) in [5.74, 6) is 0.610. The lowest BCUT2D eigenvalue weighted by molar-refractivity contribution is -0.155. The molecule has 1 atom stereocenters. The van der Waals surface area contributed by atoms with Crippen LogP contribution in [0.1, 0.15) is 32.1 Å². The van der Waals surface area contributed by atoms with Crippen LogP contribution in [0.3, 0.4) is 0 Å². The second kappa shape index (κ2) is 3.99. The highest BCUT2D eigenvalue weighted by molar-refractivity contribution is 5.83. The molecule has 3 heteroatoms. The van der Waals surface area contributed by atoms with E-state index in [2.05, 4.69) is 5.32 Å². The molecule has 3 nitrogen and oxygen atoms in total. The van der Waals surface area contributed by atoms with Crippen LogP contribution >= 0.6 is 0 Å². The standard InChI is InChI=1S/C11H19NO2/c1-12-8-10(13)9-3-6-14-11(7-9)4-2-5-11/h9,12H,2-8H2,1H3. The Labute approximate surface area is 85.2 Å². The van der Waals surface area contributed by atoms with Gasteiger partial charge in [0.15, 0.2) is 0 Å². The molecule has 1 unspecified atom stereocenters. The molecule has 1 spiro atoms. The van der Waals surface area contributed by atoms with Gasteiger partial charge in [-0.3, -0.25) is 4.79 Å². The van der Waals surface area contributed by atoms with Crippen LogP contribution in [0, 0.1) is 5.92 Å². The predicted molar refractivity (Wildman–Crippen MR) is 54.2 cm³/mol. The van der Waals surface area contributed by atoms with Crippen molar-refractivity contribution in [2.24, 2.45) is 5.92 Å². The minimum absolute atomic E-state index is 0.103. The molecule has 2 rings (SSSR count). The molecule has 1 saturated heterocycles. The Bertz CT molecular complexity index is 223. The molecule has 0 aromatic rings. The van der Waals surface area contributed by atoms with Crippen LogP contribution in [0.25, 0.3) is 0 Å². The molecule has 2 fully saturated rings. The van der Waals surface area contributed by atoms with E-state index in [1.165, 1.54) is 6.42 Å². The van der Waals surface area contributed by atoms with Crippen LogP contribution in [0.15, 0.2) is 0 Å². The summed E-state index contributed by atoms with van der Waals surface area (Å²) in [5, 5.41) is 2.94. The highest BCUT2D eigenvalue weighted by atomic mass is 16.5. The van der Waals surface area contributed by atoms with Crippen LogP contribution in [0.4, 0.5) is 0 Å². The molecule has 1 heterocycles. The Morgan fingerprint density at radius 1 is 1.57 bits per heavy atom. The van der Waals surface area contributed by atoms with Gasteiger partial charge < -0.3 is 10.1 Å². The van der Waals surface area contributed by atoms with Crippen molar-refractivity contribution in [1.29, 1.82) is 0 Å². The maximum Gasteiger partial charge on any atom is 0.149 e. The highest BCUT2D eigenvalue weighted by Gasteiger charge is 2.43. The lowest BCUT2D eigenvalue weighted by Crippen LogP contribution is -2.47. The maximum absolute atomic E-state index is 11.7. The first-order valence-corrected chi connectivity index (χ1v) is 5.57. The van der Waals surface area contributed by atoms with E-state index in [1.807, 2.05) is 7.05 Å². The van der Waals surface area contributed by atoms with Crippen LogP contribution in [-0.2, 0) is 9.53 Å². The topological polar surface area (TPSA) is 38.3 Å². The largest absolute Gasteiger partial charge is 0.375 e. The van der Waals surface area contributed by atoms with Crippen molar-refractivity contribution in [2.75, 3.05) is 20.2 Å². The number of carbonyl (C=O) groups is 1. The number of hydrogen-bond donors (Lipinski definition) is 1. The summed E-state index contributed by atoms with van der Waals surface area (Å²) >= 11 is 0. The maximum atomic E-state index is 11.7. The van der Waals surface area contributed by atoms with Crippen LogP contribution in [0.2, 0.25) is 0 Å². The lowest BCUT2D eigenvalue weighted by atomic mass is 9.71. The smallest absolute Gasteiger partial charge is 0.149 e. The summed E-state index contributed by atoms with van der Waals surface area (Å²) in [7, 11) is 1.83.